The molecular weight excluding hydrogens is 235 g/mol. The van der Waals surface area contributed by atoms with Gasteiger partial charge in [-0.25, -0.2) is 4.39 Å². The van der Waals surface area contributed by atoms with Gasteiger partial charge in [-0.05, 0) is 12.1 Å². The summed E-state index contributed by atoms with van der Waals surface area (Å²) in [5, 5.41) is 8.84. The zero-order valence-electron chi connectivity index (χ0n) is 10.2. The van der Waals surface area contributed by atoms with Gasteiger partial charge in [0.05, 0.1) is 12.2 Å². The highest BCUT2D eigenvalue weighted by atomic mass is 19.1. The van der Waals surface area contributed by atoms with E-state index in [0.29, 0.717) is 19.6 Å². The molecule has 0 atom stereocenters. The molecule has 98 valence electrons. The van der Waals surface area contributed by atoms with Crippen LogP contribution in [0.15, 0.2) is 24.3 Å². The Balaban J connectivity index is 1.98. The maximum Gasteiger partial charge on any atom is 0.256 e. The zero-order chi connectivity index (χ0) is 13.0. The van der Waals surface area contributed by atoms with E-state index in [1.54, 1.807) is 17.0 Å². The molecule has 0 unspecified atom stereocenters. The number of halogens is 1. The molecule has 0 aliphatic carbocycles. The number of aliphatic hydroxyl groups is 1. The molecule has 1 aliphatic heterocycles. The second-order valence-electron chi connectivity index (χ2n) is 4.34. The number of nitrogens with zero attached hydrogens (tertiary/aromatic N) is 2. The van der Waals surface area contributed by atoms with E-state index in [9.17, 15) is 9.18 Å². The van der Waals surface area contributed by atoms with Crippen LogP contribution in [0.4, 0.5) is 4.39 Å². The predicted molar refractivity (Wildman–Crippen MR) is 65.8 cm³/mol. The fourth-order valence-electron chi connectivity index (χ4n) is 2.12. The van der Waals surface area contributed by atoms with Gasteiger partial charge in [0.25, 0.3) is 5.91 Å². The molecule has 0 saturated carbocycles. The Morgan fingerprint density at radius 2 is 1.89 bits per heavy atom. The van der Waals surface area contributed by atoms with E-state index in [2.05, 4.69) is 4.90 Å². The number of benzene rings is 1. The molecule has 2 rings (SSSR count). The topological polar surface area (TPSA) is 43.8 Å². The fraction of sp³-hybridized carbons (Fsp3) is 0.462. The molecule has 1 aliphatic rings. The van der Waals surface area contributed by atoms with E-state index in [1.807, 2.05) is 0 Å². The van der Waals surface area contributed by atoms with Crippen molar-refractivity contribution in [1.29, 1.82) is 0 Å². The van der Waals surface area contributed by atoms with Crippen LogP contribution >= 0.6 is 0 Å². The van der Waals surface area contributed by atoms with Crippen molar-refractivity contribution in [2.75, 3.05) is 39.3 Å². The summed E-state index contributed by atoms with van der Waals surface area (Å²) in [5.74, 6) is -0.725. The lowest BCUT2D eigenvalue weighted by atomic mass is 10.1. The summed E-state index contributed by atoms with van der Waals surface area (Å²) in [6, 6.07) is 6.05. The molecule has 1 aromatic carbocycles. The Hall–Kier alpha value is -1.46. The van der Waals surface area contributed by atoms with Crippen molar-refractivity contribution >= 4 is 5.91 Å². The summed E-state index contributed by atoms with van der Waals surface area (Å²) in [4.78, 5) is 15.9. The summed E-state index contributed by atoms with van der Waals surface area (Å²) >= 11 is 0. The van der Waals surface area contributed by atoms with E-state index in [0.717, 1.165) is 13.1 Å². The minimum absolute atomic E-state index is 0.126. The first-order valence-electron chi connectivity index (χ1n) is 6.09. The molecule has 1 N–H and O–H groups in total. The highest BCUT2D eigenvalue weighted by molar-refractivity contribution is 5.94. The minimum atomic E-state index is -0.472. The molecule has 0 radical (unpaired) electrons. The molecule has 0 bridgehead atoms. The molecule has 1 heterocycles. The number of rotatable bonds is 3. The van der Waals surface area contributed by atoms with Crippen molar-refractivity contribution in [3.8, 4) is 0 Å². The largest absolute Gasteiger partial charge is 0.395 e. The monoisotopic (exact) mass is 252 g/mol. The van der Waals surface area contributed by atoms with Crippen molar-refractivity contribution in [3.63, 3.8) is 0 Å². The van der Waals surface area contributed by atoms with Gasteiger partial charge >= 0.3 is 0 Å². The maximum atomic E-state index is 13.5. The quantitative estimate of drug-likeness (QED) is 0.855. The summed E-state index contributed by atoms with van der Waals surface area (Å²) in [5.41, 5.74) is 0.133. The molecular formula is C13H17FN2O2. The smallest absolute Gasteiger partial charge is 0.256 e. The Labute approximate surface area is 106 Å². The molecule has 1 amide bonds. The number of piperazine rings is 1. The Morgan fingerprint density at radius 3 is 2.50 bits per heavy atom. The van der Waals surface area contributed by atoms with Gasteiger partial charge in [0, 0.05) is 32.7 Å². The van der Waals surface area contributed by atoms with Crippen LogP contribution in [0.3, 0.4) is 0 Å². The number of carbonyl (C=O) groups excluding carboxylic acids is 1. The summed E-state index contributed by atoms with van der Waals surface area (Å²) in [6.45, 7) is 3.35. The third kappa shape index (κ3) is 2.86. The first-order valence-corrected chi connectivity index (χ1v) is 6.09. The SMILES string of the molecule is O=C(c1ccccc1F)N1CCN(CCO)CC1. The van der Waals surface area contributed by atoms with Crippen LogP contribution in [0.25, 0.3) is 0 Å². The van der Waals surface area contributed by atoms with E-state index in [-0.39, 0.29) is 18.1 Å². The van der Waals surface area contributed by atoms with Crippen LogP contribution in [0.1, 0.15) is 10.4 Å². The van der Waals surface area contributed by atoms with Crippen molar-refractivity contribution in [1.82, 2.24) is 9.80 Å². The summed E-state index contributed by atoms with van der Waals surface area (Å²) in [6.07, 6.45) is 0. The molecule has 4 nitrogen and oxygen atoms in total. The van der Waals surface area contributed by atoms with E-state index in [4.69, 9.17) is 5.11 Å². The number of carbonyl (C=O) groups is 1. The number of β-amino-alcohol motifs (C(OH)–C–C–N with tert-alkyl or cyclic N) is 1. The second kappa shape index (κ2) is 5.93. The molecule has 1 aromatic rings. The average Bonchev–Trinajstić information content (AvgIpc) is 2.40. The van der Waals surface area contributed by atoms with Gasteiger partial charge in [-0.1, -0.05) is 12.1 Å². The molecule has 0 spiro atoms. The predicted octanol–water partition coefficient (Wildman–Crippen LogP) is 0.576. The highest BCUT2D eigenvalue weighted by Crippen LogP contribution is 2.12. The summed E-state index contributed by atoms with van der Waals surface area (Å²) < 4.78 is 13.5. The number of aliphatic hydroxyl groups excluding tert-OH is 1. The molecule has 5 heteroatoms. The fourth-order valence-corrected chi connectivity index (χ4v) is 2.12. The van der Waals surface area contributed by atoms with Gasteiger partial charge in [-0.15, -0.1) is 0 Å². The van der Waals surface area contributed by atoms with Crippen LogP contribution in [0, 0.1) is 5.82 Å². The second-order valence-corrected chi connectivity index (χ2v) is 4.34. The highest BCUT2D eigenvalue weighted by Gasteiger charge is 2.23. The van der Waals surface area contributed by atoms with Gasteiger partial charge in [0.15, 0.2) is 0 Å². The normalized spacial score (nSPS) is 16.9. The Kier molecular flexibility index (Phi) is 4.28. The number of hydrogen-bond donors (Lipinski definition) is 1. The van der Waals surface area contributed by atoms with Crippen molar-refractivity contribution in [2.24, 2.45) is 0 Å². The van der Waals surface area contributed by atoms with Crippen LogP contribution < -0.4 is 0 Å². The molecule has 1 saturated heterocycles. The van der Waals surface area contributed by atoms with Crippen LogP contribution in [0.2, 0.25) is 0 Å². The van der Waals surface area contributed by atoms with Crippen LogP contribution in [-0.2, 0) is 0 Å². The van der Waals surface area contributed by atoms with Crippen LogP contribution in [0.5, 0.6) is 0 Å². The minimum Gasteiger partial charge on any atom is -0.395 e. The standard InChI is InChI=1S/C13H17FN2O2/c14-12-4-2-1-3-11(12)13(18)16-7-5-15(6-8-16)9-10-17/h1-4,17H,5-10H2. The third-order valence-corrected chi connectivity index (χ3v) is 3.18. The lowest BCUT2D eigenvalue weighted by molar-refractivity contribution is 0.0610. The van der Waals surface area contributed by atoms with Crippen molar-refractivity contribution in [3.05, 3.63) is 35.6 Å². The Morgan fingerprint density at radius 1 is 1.22 bits per heavy atom. The van der Waals surface area contributed by atoms with Crippen molar-refractivity contribution < 1.29 is 14.3 Å². The first-order chi connectivity index (χ1) is 8.72. The summed E-state index contributed by atoms with van der Waals surface area (Å²) in [7, 11) is 0. The van der Waals surface area contributed by atoms with Gasteiger partial charge in [0.2, 0.25) is 0 Å². The number of hydrogen-bond acceptors (Lipinski definition) is 3. The van der Waals surface area contributed by atoms with Gasteiger partial charge in [0.1, 0.15) is 5.82 Å². The van der Waals surface area contributed by atoms with E-state index in [1.165, 1.54) is 12.1 Å². The van der Waals surface area contributed by atoms with Gasteiger partial charge < -0.3 is 10.0 Å². The first kappa shape index (κ1) is 13.0. The lowest BCUT2D eigenvalue weighted by Crippen LogP contribution is -2.49. The van der Waals surface area contributed by atoms with E-state index >= 15 is 0 Å². The Bertz CT molecular complexity index is 417. The van der Waals surface area contributed by atoms with Crippen LogP contribution in [-0.4, -0.2) is 60.1 Å². The number of amides is 1. The molecule has 1 fully saturated rings. The lowest BCUT2D eigenvalue weighted by Gasteiger charge is -2.34. The molecule has 0 aromatic heterocycles. The molecule has 18 heavy (non-hydrogen) atoms. The van der Waals surface area contributed by atoms with Gasteiger partial charge in [-0.3, -0.25) is 9.69 Å². The third-order valence-electron chi connectivity index (χ3n) is 3.18. The zero-order valence-corrected chi connectivity index (χ0v) is 10.2. The van der Waals surface area contributed by atoms with Gasteiger partial charge in [-0.2, -0.15) is 0 Å². The van der Waals surface area contributed by atoms with Crippen molar-refractivity contribution in [2.45, 2.75) is 0 Å². The van der Waals surface area contributed by atoms with E-state index < -0.39 is 5.82 Å². The average molecular weight is 252 g/mol. The maximum absolute atomic E-state index is 13.5.